The molecule has 2 saturated carbocycles. The van der Waals surface area contributed by atoms with Crippen LogP contribution in [0, 0.1) is 23.7 Å². The lowest BCUT2D eigenvalue weighted by molar-refractivity contribution is 0.00883. The summed E-state index contributed by atoms with van der Waals surface area (Å²) in [5, 5.41) is 0. The molecule has 0 N–H and O–H groups in total. The third-order valence-electron chi connectivity index (χ3n) is 4.31. The molecule has 2 fully saturated rings. The van der Waals surface area contributed by atoms with E-state index in [2.05, 4.69) is 0 Å². The Balaban J connectivity index is 2.01. The van der Waals surface area contributed by atoms with Gasteiger partial charge in [0.05, 0.1) is 0 Å². The van der Waals surface area contributed by atoms with Crippen LogP contribution in [0.25, 0.3) is 0 Å². The van der Waals surface area contributed by atoms with Gasteiger partial charge in [-0.25, -0.2) is 8.78 Å². The van der Waals surface area contributed by atoms with Gasteiger partial charge >= 0.3 is 0 Å². The van der Waals surface area contributed by atoms with Crippen LogP contribution in [0.4, 0.5) is 8.78 Å². The maximum atomic E-state index is 13.5. The first-order valence-corrected chi connectivity index (χ1v) is 5.86. The summed E-state index contributed by atoms with van der Waals surface area (Å²) < 4.78 is 27.0. The summed E-state index contributed by atoms with van der Waals surface area (Å²) in [4.78, 5) is 0. The predicted octanol–water partition coefficient (Wildman–Crippen LogP) is 3.75. The average molecular weight is 202 g/mol. The molecule has 2 rings (SSSR count). The van der Waals surface area contributed by atoms with Gasteiger partial charge in [0, 0.05) is 0 Å². The number of alkyl halides is 2. The maximum Gasteiger partial charge on any atom is 0.103 e. The van der Waals surface area contributed by atoms with Crippen molar-refractivity contribution in [1.82, 2.24) is 0 Å². The highest BCUT2D eigenvalue weighted by Gasteiger charge is 2.41. The Morgan fingerprint density at radius 1 is 0.714 bits per heavy atom. The molecule has 0 saturated heterocycles. The Kier molecular flexibility index (Phi) is 2.81. The Labute approximate surface area is 85.1 Å². The van der Waals surface area contributed by atoms with E-state index in [-0.39, 0.29) is 11.8 Å². The van der Waals surface area contributed by atoms with Crippen LogP contribution >= 0.6 is 0 Å². The van der Waals surface area contributed by atoms with Gasteiger partial charge in [-0.15, -0.1) is 0 Å². The zero-order chi connectivity index (χ0) is 10.3. The standard InChI is InChI=1S/C12H20F2/c1-7-3-9-6-12(14)8(2)4-10(9)5-11(7)13/h7-12H,3-6H2,1-2H3. The first-order chi connectivity index (χ1) is 6.58. The second-order valence-corrected chi connectivity index (χ2v) is 5.45. The van der Waals surface area contributed by atoms with Crippen LogP contribution in [0.1, 0.15) is 39.5 Å². The number of fused-ring (bicyclic) bond motifs is 1. The van der Waals surface area contributed by atoms with Crippen LogP contribution in [0.3, 0.4) is 0 Å². The van der Waals surface area contributed by atoms with Crippen molar-refractivity contribution in [2.24, 2.45) is 23.7 Å². The fourth-order valence-corrected chi connectivity index (χ4v) is 3.26. The molecule has 0 bridgehead atoms. The van der Waals surface area contributed by atoms with E-state index in [1.54, 1.807) is 0 Å². The molecule has 14 heavy (non-hydrogen) atoms. The second-order valence-electron chi connectivity index (χ2n) is 5.45. The van der Waals surface area contributed by atoms with Gasteiger partial charge in [0.25, 0.3) is 0 Å². The number of hydrogen-bond donors (Lipinski definition) is 0. The maximum absolute atomic E-state index is 13.5. The molecule has 82 valence electrons. The van der Waals surface area contributed by atoms with Gasteiger partial charge in [0.15, 0.2) is 0 Å². The van der Waals surface area contributed by atoms with Gasteiger partial charge < -0.3 is 0 Å². The van der Waals surface area contributed by atoms with Crippen molar-refractivity contribution in [2.75, 3.05) is 0 Å². The zero-order valence-electron chi connectivity index (χ0n) is 9.05. The van der Waals surface area contributed by atoms with Gasteiger partial charge in [0.1, 0.15) is 12.3 Å². The minimum atomic E-state index is -0.639. The molecule has 2 aliphatic carbocycles. The van der Waals surface area contributed by atoms with E-state index in [1.807, 2.05) is 13.8 Å². The summed E-state index contributed by atoms with van der Waals surface area (Å²) in [5.41, 5.74) is 0. The molecule has 0 aliphatic heterocycles. The SMILES string of the molecule is CC1CC2CC(F)C(C)CC2CC1F. The Hall–Kier alpha value is -0.140. The molecule has 0 aromatic heterocycles. The lowest BCUT2D eigenvalue weighted by Gasteiger charge is -2.43. The largest absolute Gasteiger partial charge is 0.247 e. The van der Waals surface area contributed by atoms with Crippen molar-refractivity contribution < 1.29 is 8.78 Å². The molecule has 0 spiro atoms. The van der Waals surface area contributed by atoms with Crippen molar-refractivity contribution >= 4 is 0 Å². The summed E-state index contributed by atoms with van der Waals surface area (Å²) >= 11 is 0. The monoisotopic (exact) mass is 202 g/mol. The number of hydrogen-bond acceptors (Lipinski definition) is 0. The quantitative estimate of drug-likeness (QED) is 0.561. The first-order valence-electron chi connectivity index (χ1n) is 5.86. The molecular formula is C12H20F2. The molecule has 0 heterocycles. The topological polar surface area (TPSA) is 0 Å². The van der Waals surface area contributed by atoms with Crippen LogP contribution < -0.4 is 0 Å². The number of rotatable bonds is 0. The van der Waals surface area contributed by atoms with E-state index in [1.165, 1.54) is 0 Å². The molecule has 2 aliphatic rings. The molecule has 0 aromatic carbocycles. The van der Waals surface area contributed by atoms with Crippen molar-refractivity contribution in [3.05, 3.63) is 0 Å². The second kappa shape index (κ2) is 3.79. The van der Waals surface area contributed by atoms with E-state index in [0.717, 1.165) is 12.8 Å². The molecule has 6 atom stereocenters. The predicted molar refractivity (Wildman–Crippen MR) is 53.6 cm³/mol. The van der Waals surface area contributed by atoms with Gasteiger partial charge in [0.2, 0.25) is 0 Å². The van der Waals surface area contributed by atoms with Crippen LogP contribution in [-0.2, 0) is 0 Å². The normalized spacial score (nSPS) is 54.0. The van der Waals surface area contributed by atoms with Gasteiger partial charge in [-0.3, -0.25) is 0 Å². The zero-order valence-corrected chi connectivity index (χ0v) is 9.05. The van der Waals surface area contributed by atoms with Gasteiger partial charge in [-0.2, -0.15) is 0 Å². The fourth-order valence-electron chi connectivity index (χ4n) is 3.26. The minimum Gasteiger partial charge on any atom is -0.247 e. The summed E-state index contributed by atoms with van der Waals surface area (Å²) in [6.07, 6.45) is 1.89. The third-order valence-corrected chi connectivity index (χ3v) is 4.31. The average Bonchev–Trinajstić information content (AvgIpc) is 2.11. The molecular weight excluding hydrogens is 182 g/mol. The van der Waals surface area contributed by atoms with Crippen LogP contribution in [0.5, 0.6) is 0 Å². The van der Waals surface area contributed by atoms with Crippen LogP contribution in [-0.4, -0.2) is 12.3 Å². The smallest absolute Gasteiger partial charge is 0.103 e. The third kappa shape index (κ3) is 1.80. The van der Waals surface area contributed by atoms with Crippen molar-refractivity contribution in [3.63, 3.8) is 0 Å². The summed E-state index contributed by atoms with van der Waals surface area (Å²) in [7, 11) is 0. The van der Waals surface area contributed by atoms with E-state index in [4.69, 9.17) is 0 Å². The van der Waals surface area contributed by atoms with Gasteiger partial charge in [-0.1, -0.05) is 13.8 Å². The molecule has 0 nitrogen and oxygen atoms in total. The molecule has 0 aromatic rings. The Morgan fingerprint density at radius 2 is 1.07 bits per heavy atom. The van der Waals surface area contributed by atoms with E-state index < -0.39 is 12.3 Å². The van der Waals surface area contributed by atoms with Crippen molar-refractivity contribution in [2.45, 2.75) is 51.9 Å². The van der Waals surface area contributed by atoms with E-state index >= 15 is 0 Å². The summed E-state index contributed by atoms with van der Waals surface area (Å²) in [6, 6.07) is 0. The molecule has 0 radical (unpaired) electrons. The van der Waals surface area contributed by atoms with Crippen LogP contribution in [0.2, 0.25) is 0 Å². The summed E-state index contributed by atoms with van der Waals surface area (Å²) in [6.45, 7) is 3.93. The van der Waals surface area contributed by atoms with Crippen molar-refractivity contribution in [3.8, 4) is 0 Å². The Morgan fingerprint density at radius 3 is 1.43 bits per heavy atom. The molecule has 0 amide bonds. The highest BCUT2D eigenvalue weighted by molar-refractivity contribution is 4.91. The molecule has 2 heteroatoms. The van der Waals surface area contributed by atoms with Crippen LogP contribution in [0.15, 0.2) is 0 Å². The fraction of sp³-hybridized carbons (Fsp3) is 1.00. The van der Waals surface area contributed by atoms with Crippen molar-refractivity contribution in [1.29, 1.82) is 0 Å². The van der Waals surface area contributed by atoms with E-state index in [0.29, 0.717) is 24.7 Å². The molecule has 6 unspecified atom stereocenters. The Bertz CT molecular complexity index is 162. The summed E-state index contributed by atoms with van der Waals surface area (Å²) in [5.74, 6) is 1.22. The highest BCUT2D eigenvalue weighted by atomic mass is 19.1. The highest BCUT2D eigenvalue weighted by Crippen LogP contribution is 2.46. The lowest BCUT2D eigenvalue weighted by atomic mass is 9.64. The minimum absolute atomic E-state index is 0.150. The number of halogens is 2. The van der Waals surface area contributed by atoms with Gasteiger partial charge in [-0.05, 0) is 49.4 Å². The van der Waals surface area contributed by atoms with E-state index in [9.17, 15) is 8.78 Å². The lowest BCUT2D eigenvalue weighted by Crippen LogP contribution is -2.39. The first kappa shape index (κ1) is 10.4.